The molecule has 25 heavy (non-hydrogen) atoms. The van der Waals surface area contributed by atoms with E-state index in [0.29, 0.717) is 11.9 Å². The van der Waals surface area contributed by atoms with Gasteiger partial charge in [-0.1, -0.05) is 13.8 Å². The van der Waals surface area contributed by atoms with Crippen molar-refractivity contribution < 1.29 is 4.74 Å². The van der Waals surface area contributed by atoms with Gasteiger partial charge in [0.25, 0.3) is 0 Å². The fraction of sp³-hybridized carbons (Fsp3) is 0.474. The first-order valence-electron chi connectivity index (χ1n) is 8.86. The summed E-state index contributed by atoms with van der Waals surface area (Å²) in [7, 11) is 1.69. The zero-order valence-electron chi connectivity index (χ0n) is 15.3. The highest BCUT2D eigenvalue weighted by molar-refractivity contribution is 5.51. The number of nitrogens with zero attached hydrogens (tertiary/aromatic N) is 4. The maximum Gasteiger partial charge on any atom is 0.224 e. The SMILES string of the molecule is COc1ccc(N2CCN(c3ccnc(NCC(C)C)n3)CC2)cc1. The van der Waals surface area contributed by atoms with Gasteiger partial charge < -0.3 is 19.9 Å². The fourth-order valence-corrected chi connectivity index (χ4v) is 2.89. The second-order valence-electron chi connectivity index (χ2n) is 6.69. The van der Waals surface area contributed by atoms with E-state index in [2.05, 4.69) is 51.1 Å². The second-order valence-corrected chi connectivity index (χ2v) is 6.69. The van der Waals surface area contributed by atoms with Crippen LogP contribution in [-0.4, -0.2) is 49.8 Å². The van der Waals surface area contributed by atoms with Gasteiger partial charge in [0.15, 0.2) is 0 Å². The van der Waals surface area contributed by atoms with E-state index in [1.807, 2.05) is 24.4 Å². The van der Waals surface area contributed by atoms with Crippen molar-refractivity contribution in [3.63, 3.8) is 0 Å². The van der Waals surface area contributed by atoms with Crippen LogP contribution in [0.15, 0.2) is 36.5 Å². The second kappa shape index (κ2) is 8.05. The van der Waals surface area contributed by atoms with E-state index in [0.717, 1.165) is 44.3 Å². The predicted octanol–water partition coefficient (Wildman–Crippen LogP) is 2.88. The molecular weight excluding hydrogens is 314 g/mol. The highest BCUT2D eigenvalue weighted by atomic mass is 16.5. The lowest BCUT2D eigenvalue weighted by molar-refractivity contribution is 0.415. The number of hydrogen-bond donors (Lipinski definition) is 1. The van der Waals surface area contributed by atoms with Gasteiger partial charge >= 0.3 is 0 Å². The molecule has 1 N–H and O–H groups in total. The molecule has 1 aliphatic heterocycles. The molecule has 1 aromatic carbocycles. The summed E-state index contributed by atoms with van der Waals surface area (Å²) in [6.07, 6.45) is 1.83. The number of ether oxygens (including phenoxy) is 1. The van der Waals surface area contributed by atoms with Gasteiger partial charge in [0.2, 0.25) is 5.95 Å². The van der Waals surface area contributed by atoms with Gasteiger partial charge in [0.1, 0.15) is 11.6 Å². The van der Waals surface area contributed by atoms with E-state index in [4.69, 9.17) is 4.74 Å². The highest BCUT2D eigenvalue weighted by Crippen LogP contribution is 2.22. The van der Waals surface area contributed by atoms with Crippen LogP contribution in [0.4, 0.5) is 17.5 Å². The Kier molecular flexibility index (Phi) is 5.58. The lowest BCUT2D eigenvalue weighted by atomic mass is 10.2. The van der Waals surface area contributed by atoms with Gasteiger partial charge in [-0.15, -0.1) is 0 Å². The minimum Gasteiger partial charge on any atom is -0.497 e. The van der Waals surface area contributed by atoms with Crippen molar-refractivity contribution in [2.45, 2.75) is 13.8 Å². The quantitative estimate of drug-likeness (QED) is 0.872. The number of piperazine rings is 1. The molecule has 0 radical (unpaired) electrons. The third kappa shape index (κ3) is 4.53. The van der Waals surface area contributed by atoms with E-state index in [1.54, 1.807) is 7.11 Å². The van der Waals surface area contributed by atoms with Crippen LogP contribution in [0.25, 0.3) is 0 Å². The summed E-state index contributed by atoms with van der Waals surface area (Å²) < 4.78 is 5.23. The Balaban J connectivity index is 1.59. The van der Waals surface area contributed by atoms with Gasteiger partial charge in [-0.25, -0.2) is 4.98 Å². The Labute approximate surface area is 149 Å². The molecule has 1 aromatic heterocycles. The molecule has 2 heterocycles. The van der Waals surface area contributed by atoms with Gasteiger partial charge in [-0.2, -0.15) is 4.98 Å². The van der Waals surface area contributed by atoms with Crippen LogP contribution in [0.5, 0.6) is 5.75 Å². The summed E-state index contributed by atoms with van der Waals surface area (Å²) in [5, 5.41) is 3.30. The molecule has 0 atom stereocenters. The molecule has 1 aliphatic rings. The minimum atomic E-state index is 0.570. The summed E-state index contributed by atoms with van der Waals surface area (Å²) in [6, 6.07) is 10.3. The number of hydrogen-bond acceptors (Lipinski definition) is 6. The Morgan fingerprint density at radius 2 is 1.72 bits per heavy atom. The van der Waals surface area contributed by atoms with Gasteiger partial charge in [0.05, 0.1) is 7.11 Å². The molecule has 3 rings (SSSR count). The first-order valence-corrected chi connectivity index (χ1v) is 8.86. The van der Waals surface area contributed by atoms with Gasteiger partial charge in [-0.3, -0.25) is 0 Å². The fourth-order valence-electron chi connectivity index (χ4n) is 2.89. The lowest BCUT2D eigenvalue weighted by Crippen LogP contribution is -2.46. The number of anilines is 3. The normalized spacial score (nSPS) is 14.7. The van der Waals surface area contributed by atoms with E-state index in [1.165, 1.54) is 5.69 Å². The van der Waals surface area contributed by atoms with Crippen molar-refractivity contribution in [1.29, 1.82) is 0 Å². The molecule has 0 spiro atoms. The van der Waals surface area contributed by atoms with Gasteiger partial charge in [0, 0.05) is 44.6 Å². The monoisotopic (exact) mass is 341 g/mol. The summed E-state index contributed by atoms with van der Waals surface area (Å²) in [5.41, 5.74) is 1.24. The molecule has 0 saturated carbocycles. The zero-order valence-corrected chi connectivity index (χ0v) is 15.3. The zero-order chi connectivity index (χ0) is 17.6. The molecule has 2 aromatic rings. The number of aromatic nitrogens is 2. The molecule has 0 aliphatic carbocycles. The average molecular weight is 341 g/mol. The Bertz CT molecular complexity index is 666. The maximum absolute atomic E-state index is 5.23. The predicted molar refractivity (Wildman–Crippen MR) is 103 cm³/mol. The third-order valence-electron chi connectivity index (χ3n) is 4.35. The van der Waals surface area contributed by atoms with Crippen LogP contribution in [0.1, 0.15) is 13.8 Å². The lowest BCUT2D eigenvalue weighted by Gasteiger charge is -2.36. The van der Waals surface area contributed by atoms with Crippen molar-refractivity contribution in [3.05, 3.63) is 36.5 Å². The summed E-state index contributed by atoms with van der Waals surface area (Å²) in [5.74, 6) is 3.17. The topological polar surface area (TPSA) is 53.5 Å². The molecule has 0 amide bonds. The highest BCUT2D eigenvalue weighted by Gasteiger charge is 2.18. The van der Waals surface area contributed by atoms with Crippen LogP contribution in [-0.2, 0) is 0 Å². The van der Waals surface area contributed by atoms with Crippen molar-refractivity contribution >= 4 is 17.5 Å². The molecule has 0 unspecified atom stereocenters. The molecule has 0 bridgehead atoms. The molecule has 1 saturated heterocycles. The molecular formula is C19H27N5O. The molecule has 1 fully saturated rings. The van der Waals surface area contributed by atoms with Crippen LogP contribution in [0.2, 0.25) is 0 Å². The first-order chi connectivity index (χ1) is 12.2. The van der Waals surface area contributed by atoms with Crippen molar-refractivity contribution in [2.24, 2.45) is 5.92 Å². The van der Waals surface area contributed by atoms with Crippen LogP contribution < -0.4 is 19.9 Å². The van der Waals surface area contributed by atoms with Crippen LogP contribution in [0, 0.1) is 5.92 Å². The first kappa shape index (κ1) is 17.3. The van der Waals surface area contributed by atoms with Crippen molar-refractivity contribution in [1.82, 2.24) is 9.97 Å². The van der Waals surface area contributed by atoms with E-state index >= 15 is 0 Å². The van der Waals surface area contributed by atoms with E-state index < -0.39 is 0 Å². The summed E-state index contributed by atoms with van der Waals surface area (Å²) >= 11 is 0. The molecule has 6 nitrogen and oxygen atoms in total. The maximum atomic E-state index is 5.23. The number of nitrogens with one attached hydrogen (secondary N) is 1. The average Bonchev–Trinajstić information content (AvgIpc) is 2.67. The van der Waals surface area contributed by atoms with Crippen molar-refractivity contribution in [2.75, 3.05) is 55.0 Å². The smallest absolute Gasteiger partial charge is 0.224 e. The van der Waals surface area contributed by atoms with E-state index in [-0.39, 0.29) is 0 Å². The molecule has 6 heteroatoms. The number of methoxy groups -OCH3 is 1. The third-order valence-corrected chi connectivity index (χ3v) is 4.35. The Morgan fingerprint density at radius 3 is 2.36 bits per heavy atom. The van der Waals surface area contributed by atoms with Crippen LogP contribution >= 0.6 is 0 Å². The van der Waals surface area contributed by atoms with Crippen LogP contribution in [0.3, 0.4) is 0 Å². The largest absolute Gasteiger partial charge is 0.497 e. The minimum absolute atomic E-state index is 0.570. The number of rotatable bonds is 6. The molecule has 134 valence electrons. The summed E-state index contributed by atoms with van der Waals surface area (Å²) in [6.45, 7) is 9.09. The summed E-state index contributed by atoms with van der Waals surface area (Å²) in [4.78, 5) is 13.7. The van der Waals surface area contributed by atoms with Crippen molar-refractivity contribution in [3.8, 4) is 5.75 Å². The Morgan fingerprint density at radius 1 is 1.04 bits per heavy atom. The van der Waals surface area contributed by atoms with Gasteiger partial charge in [-0.05, 0) is 36.2 Å². The number of benzene rings is 1. The van der Waals surface area contributed by atoms with E-state index in [9.17, 15) is 0 Å². The standard InChI is InChI=1S/C19H27N5O/c1-15(2)14-21-19-20-9-8-18(22-19)24-12-10-23(11-13-24)16-4-6-17(25-3)7-5-16/h4-9,15H,10-14H2,1-3H3,(H,20,21,22). The Hall–Kier alpha value is -2.50.